The molecule has 3 heterocycles. The summed E-state index contributed by atoms with van der Waals surface area (Å²) in [5.74, 6) is 0.958. The number of nitrogens with zero attached hydrogens (tertiary/aromatic N) is 4. The maximum atomic E-state index is 5.84. The molecule has 1 aromatic carbocycles. The Morgan fingerprint density at radius 1 is 1.26 bits per heavy atom. The number of pyridine rings is 1. The molecule has 4 rings (SSSR count). The van der Waals surface area contributed by atoms with Gasteiger partial charge in [0.25, 0.3) is 0 Å². The number of aromatic nitrogens is 3. The van der Waals surface area contributed by atoms with E-state index in [1.54, 1.807) is 0 Å². The summed E-state index contributed by atoms with van der Waals surface area (Å²) in [6.45, 7) is 5.90. The number of morpholine rings is 1. The van der Waals surface area contributed by atoms with Crippen molar-refractivity contribution in [3.05, 3.63) is 48.3 Å². The maximum Gasteiger partial charge on any atom is 0.159 e. The lowest BCUT2D eigenvalue weighted by Gasteiger charge is -2.33. The summed E-state index contributed by atoms with van der Waals surface area (Å²) in [4.78, 5) is 6.57. The second-order valence-corrected chi connectivity index (χ2v) is 6.77. The topological polar surface area (TPSA) is 78.4 Å². The van der Waals surface area contributed by atoms with Crippen LogP contribution in [0, 0.1) is 6.92 Å². The van der Waals surface area contributed by atoms with E-state index in [9.17, 15) is 0 Å². The number of hydrogen-bond donors (Lipinski definition) is 1. The van der Waals surface area contributed by atoms with Gasteiger partial charge in [0.1, 0.15) is 0 Å². The second-order valence-electron chi connectivity index (χ2n) is 6.77. The molecular formula is C20H25N5O2. The van der Waals surface area contributed by atoms with Crippen LogP contribution in [0.25, 0.3) is 16.6 Å². The van der Waals surface area contributed by atoms with Crippen molar-refractivity contribution in [3.8, 4) is 5.69 Å². The van der Waals surface area contributed by atoms with Crippen molar-refractivity contribution in [3.63, 3.8) is 0 Å². The van der Waals surface area contributed by atoms with Crippen LogP contribution in [0.1, 0.15) is 5.56 Å². The normalized spacial score (nSPS) is 17.6. The molecule has 1 aliphatic heterocycles. The van der Waals surface area contributed by atoms with Gasteiger partial charge < -0.3 is 20.1 Å². The van der Waals surface area contributed by atoms with Crippen LogP contribution in [0.4, 0.5) is 5.82 Å². The van der Waals surface area contributed by atoms with Gasteiger partial charge in [-0.05, 0) is 25.1 Å². The van der Waals surface area contributed by atoms with Crippen molar-refractivity contribution in [2.24, 2.45) is 5.73 Å². The molecule has 142 valence electrons. The minimum atomic E-state index is 0.0201. The minimum absolute atomic E-state index is 0.0201. The summed E-state index contributed by atoms with van der Waals surface area (Å²) >= 11 is 0. The fourth-order valence-electron chi connectivity index (χ4n) is 3.37. The SMILES string of the molecule is Cc1ccc(-n2nc(N3CCOC(COCCN)C3)c3ccncc32)cc1. The van der Waals surface area contributed by atoms with Crippen LogP contribution < -0.4 is 10.6 Å². The van der Waals surface area contributed by atoms with E-state index >= 15 is 0 Å². The molecule has 27 heavy (non-hydrogen) atoms. The molecule has 0 spiro atoms. The third-order valence-electron chi connectivity index (χ3n) is 4.75. The van der Waals surface area contributed by atoms with E-state index in [2.05, 4.69) is 41.1 Å². The summed E-state index contributed by atoms with van der Waals surface area (Å²) in [5, 5.41) is 6.02. The minimum Gasteiger partial charge on any atom is -0.377 e. The zero-order chi connectivity index (χ0) is 18.6. The van der Waals surface area contributed by atoms with Crippen molar-refractivity contribution in [1.29, 1.82) is 0 Å². The fraction of sp³-hybridized carbons (Fsp3) is 0.400. The Kier molecular flexibility index (Phi) is 5.33. The van der Waals surface area contributed by atoms with Crippen LogP contribution in [0.2, 0.25) is 0 Å². The second kappa shape index (κ2) is 8.04. The average molecular weight is 367 g/mol. The highest BCUT2D eigenvalue weighted by Gasteiger charge is 2.25. The third-order valence-corrected chi connectivity index (χ3v) is 4.75. The first-order valence-corrected chi connectivity index (χ1v) is 9.30. The molecule has 3 aromatic rings. The zero-order valence-corrected chi connectivity index (χ0v) is 15.5. The van der Waals surface area contributed by atoms with E-state index in [4.69, 9.17) is 20.3 Å². The van der Waals surface area contributed by atoms with Gasteiger partial charge in [-0.25, -0.2) is 4.68 Å². The van der Waals surface area contributed by atoms with Gasteiger partial charge in [0, 0.05) is 31.2 Å². The van der Waals surface area contributed by atoms with Crippen molar-refractivity contribution >= 4 is 16.7 Å². The van der Waals surface area contributed by atoms with Crippen molar-refractivity contribution in [2.75, 3.05) is 44.4 Å². The number of hydrogen-bond acceptors (Lipinski definition) is 6. The van der Waals surface area contributed by atoms with Crippen LogP contribution in [0.5, 0.6) is 0 Å². The molecule has 0 bridgehead atoms. The molecule has 1 fully saturated rings. The van der Waals surface area contributed by atoms with Gasteiger partial charge >= 0.3 is 0 Å². The van der Waals surface area contributed by atoms with Crippen LogP contribution in [-0.4, -0.2) is 60.3 Å². The Hall–Kier alpha value is -2.48. The lowest BCUT2D eigenvalue weighted by molar-refractivity contribution is -0.0219. The molecule has 0 radical (unpaired) electrons. The van der Waals surface area contributed by atoms with Crippen molar-refractivity contribution in [2.45, 2.75) is 13.0 Å². The molecule has 7 heteroatoms. The third kappa shape index (κ3) is 3.80. The lowest BCUT2D eigenvalue weighted by atomic mass is 10.2. The molecular weight excluding hydrogens is 342 g/mol. The Bertz CT molecular complexity index is 893. The van der Waals surface area contributed by atoms with E-state index in [0.29, 0.717) is 26.4 Å². The molecule has 1 saturated heterocycles. The number of aryl methyl sites for hydroxylation is 1. The summed E-state index contributed by atoms with van der Waals surface area (Å²) in [6.07, 6.45) is 3.70. The van der Waals surface area contributed by atoms with Crippen LogP contribution in [-0.2, 0) is 9.47 Å². The first-order chi connectivity index (χ1) is 13.3. The van der Waals surface area contributed by atoms with Crippen molar-refractivity contribution in [1.82, 2.24) is 14.8 Å². The highest BCUT2D eigenvalue weighted by atomic mass is 16.5. The smallest absolute Gasteiger partial charge is 0.159 e. The molecule has 0 saturated carbocycles. The first kappa shape index (κ1) is 17.9. The Labute approximate surface area is 158 Å². The molecule has 7 nitrogen and oxygen atoms in total. The predicted octanol–water partition coefficient (Wildman–Crippen LogP) is 1.91. The molecule has 0 aliphatic carbocycles. The number of nitrogens with two attached hydrogens (primary N) is 1. The highest BCUT2D eigenvalue weighted by Crippen LogP contribution is 2.29. The molecule has 0 amide bonds. The first-order valence-electron chi connectivity index (χ1n) is 9.30. The predicted molar refractivity (Wildman–Crippen MR) is 105 cm³/mol. The van der Waals surface area contributed by atoms with Gasteiger partial charge in [0.15, 0.2) is 5.82 Å². The van der Waals surface area contributed by atoms with Crippen LogP contribution in [0.3, 0.4) is 0 Å². The van der Waals surface area contributed by atoms with E-state index in [0.717, 1.165) is 35.5 Å². The van der Waals surface area contributed by atoms with Gasteiger partial charge in [-0.15, -0.1) is 5.10 Å². The van der Waals surface area contributed by atoms with Crippen LogP contribution in [0.15, 0.2) is 42.7 Å². The standard InChI is InChI=1S/C20H25N5O2/c1-15-2-4-16(5-3-15)25-19-12-22-8-6-18(19)20(23-25)24-9-11-27-17(13-24)14-26-10-7-21/h2-6,8,12,17H,7,9-11,13-14,21H2,1H3. The van der Waals surface area contributed by atoms with Gasteiger partial charge in [-0.1, -0.05) is 17.7 Å². The summed E-state index contributed by atoms with van der Waals surface area (Å²) in [7, 11) is 0. The maximum absolute atomic E-state index is 5.84. The molecule has 1 unspecified atom stereocenters. The van der Waals surface area contributed by atoms with Gasteiger partial charge in [0.2, 0.25) is 0 Å². The Morgan fingerprint density at radius 2 is 2.11 bits per heavy atom. The molecule has 1 aliphatic rings. The van der Waals surface area contributed by atoms with E-state index < -0.39 is 0 Å². The largest absolute Gasteiger partial charge is 0.377 e. The van der Waals surface area contributed by atoms with Crippen LogP contribution >= 0.6 is 0 Å². The average Bonchev–Trinajstić information content (AvgIpc) is 3.09. The van der Waals surface area contributed by atoms with Gasteiger partial charge in [0.05, 0.1) is 43.3 Å². The van der Waals surface area contributed by atoms with E-state index in [-0.39, 0.29) is 6.10 Å². The quantitative estimate of drug-likeness (QED) is 0.671. The van der Waals surface area contributed by atoms with Crippen molar-refractivity contribution < 1.29 is 9.47 Å². The summed E-state index contributed by atoms with van der Waals surface area (Å²) in [5.41, 5.74) is 8.75. The Morgan fingerprint density at radius 3 is 2.93 bits per heavy atom. The zero-order valence-electron chi connectivity index (χ0n) is 15.5. The number of rotatable bonds is 6. The number of ether oxygens (including phenoxy) is 2. The molecule has 1 atom stereocenters. The summed E-state index contributed by atoms with van der Waals surface area (Å²) in [6, 6.07) is 10.4. The Balaban J connectivity index is 1.65. The summed E-state index contributed by atoms with van der Waals surface area (Å²) < 4.78 is 13.4. The lowest BCUT2D eigenvalue weighted by Crippen LogP contribution is -2.45. The van der Waals surface area contributed by atoms with E-state index in [1.165, 1.54) is 5.56 Å². The number of benzene rings is 1. The monoisotopic (exact) mass is 367 g/mol. The highest BCUT2D eigenvalue weighted by molar-refractivity contribution is 5.91. The van der Waals surface area contributed by atoms with Gasteiger partial charge in [-0.2, -0.15) is 0 Å². The molecule has 2 aromatic heterocycles. The van der Waals surface area contributed by atoms with Gasteiger partial charge in [-0.3, -0.25) is 4.98 Å². The number of anilines is 1. The fourth-order valence-corrected chi connectivity index (χ4v) is 3.37. The molecule has 2 N–H and O–H groups in total. The number of fused-ring (bicyclic) bond motifs is 1. The van der Waals surface area contributed by atoms with E-state index in [1.807, 2.05) is 23.1 Å².